The van der Waals surface area contributed by atoms with Crippen molar-refractivity contribution >= 4 is 10.8 Å². The summed E-state index contributed by atoms with van der Waals surface area (Å²) in [5.41, 5.74) is 1.56. The predicted molar refractivity (Wildman–Crippen MR) is 85.1 cm³/mol. The van der Waals surface area contributed by atoms with Crippen molar-refractivity contribution in [2.45, 2.75) is 44.1 Å². The van der Waals surface area contributed by atoms with Crippen LogP contribution in [0.2, 0.25) is 0 Å². The molecular formula is C19H23N. The van der Waals surface area contributed by atoms with E-state index < -0.39 is 0 Å². The van der Waals surface area contributed by atoms with Gasteiger partial charge in [0.05, 0.1) is 0 Å². The van der Waals surface area contributed by atoms with Gasteiger partial charge in [-0.15, -0.1) is 0 Å². The fourth-order valence-electron chi connectivity index (χ4n) is 3.76. The van der Waals surface area contributed by atoms with Gasteiger partial charge in [0.2, 0.25) is 0 Å². The molecule has 2 aliphatic carbocycles. The first-order valence-corrected chi connectivity index (χ1v) is 8.12. The Morgan fingerprint density at radius 2 is 1.75 bits per heavy atom. The first kappa shape index (κ1) is 12.4. The SMILES string of the molecule is c1ccc2cc(C3CCCC3CNC3CC3)ccc2c1. The molecule has 2 unspecified atom stereocenters. The van der Waals surface area contributed by atoms with Gasteiger partial charge in [-0.25, -0.2) is 0 Å². The number of hydrogen-bond acceptors (Lipinski definition) is 1. The van der Waals surface area contributed by atoms with Crippen LogP contribution < -0.4 is 5.32 Å². The third-order valence-electron chi connectivity index (χ3n) is 5.11. The highest BCUT2D eigenvalue weighted by Gasteiger charge is 2.30. The van der Waals surface area contributed by atoms with E-state index >= 15 is 0 Å². The average molecular weight is 265 g/mol. The van der Waals surface area contributed by atoms with E-state index in [1.807, 2.05) is 0 Å². The average Bonchev–Trinajstić information content (AvgIpc) is 3.21. The second-order valence-corrected chi connectivity index (χ2v) is 6.59. The Morgan fingerprint density at radius 1 is 0.900 bits per heavy atom. The second kappa shape index (κ2) is 5.21. The smallest absolute Gasteiger partial charge is 0.00683 e. The van der Waals surface area contributed by atoms with Gasteiger partial charge < -0.3 is 5.32 Å². The molecule has 0 saturated heterocycles. The topological polar surface area (TPSA) is 12.0 Å². The number of benzene rings is 2. The van der Waals surface area contributed by atoms with Gasteiger partial charge in [0.1, 0.15) is 0 Å². The zero-order chi connectivity index (χ0) is 13.4. The lowest BCUT2D eigenvalue weighted by molar-refractivity contribution is 0.443. The van der Waals surface area contributed by atoms with Gasteiger partial charge in [0.25, 0.3) is 0 Å². The van der Waals surface area contributed by atoms with Crippen LogP contribution in [0.1, 0.15) is 43.6 Å². The quantitative estimate of drug-likeness (QED) is 0.859. The van der Waals surface area contributed by atoms with Crippen LogP contribution in [-0.2, 0) is 0 Å². The van der Waals surface area contributed by atoms with Crippen LogP contribution in [0.25, 0.3) is 10.8 Å². The zero-order valence-corrected chi connectivity index (χ0v) is 12.0. The first-order valence-electron chi connectivity index (χ1n) is 8.12. The molecule has 0 amide bonds. The van der Waals surface area contributed by atoms with Gasteiger partial charge >= 0.3 is 0 Å². The molecule has 2 aromatic rings. The minimum Gasteiger partial charge on any atom is -0.314 e. The van der Waals surface area contributed by atoms with Gasteiger partial charge in [-0.1, -0.05) is 48.9 Å². The van der Waals surface area contributed by atoms with Gasteiger partial charge in [-0.05, 0) is 60.4 Å². The molecule has 1 N–H and O–H groups in total. The maximum atomic E-state index is 3.74. The monoisotopic (exact) mass is 265 g/mol. The fourth-order valence-corrected chi connectivity index (χ4v) is 3.76. The van der Waals surface area contributed by atoms with E-state index in [0.29, 0.717) is 0 Å². The van der Waals surface area contributed by atoms with Crippen molar-refractivity contribution in [2.24, 2.45) is 5.92 Å². The zero-order valence-electron chi connectivity index (χ0n) is 12.0. The largest absolute Gasteiger partial charge is 0.314 e. The molecule has 2 aromatic carbocycles. The van der Waals surface area contributed by atoms with Crippen LogP contribution in [0.5, 0.6) is 0 Å². The third-order valence-corrected chi connectivity index (χ3v) is 5.11. The molecule has 4 rings (SSSR count). The van der Waals surface area contributed by atoms with Crippen molar-refractivity contribution in [3.8, 4) is 0 Å². The van der Waals surface area contributed by atoms with Gasteiger partial charge in [-0.2, -0.15) is 0 Å². The molecule has 1 heteroatoms. The minimum atomic E-state index is 0.769. The molecule has 2 saturated carbocycles. The van der Waals surface area contributed by atoms with Gasteiger partial charge in [0, 0.05) is 6.04 Å². The Morgan fingerprint density at radius 3 is 2.60 bits per heavy atom. The molecule has 0 aromatic heterocycles. The Balaban J connectivity index is 1.56. The summed E-state index contributed by atoms with van der Waals surface area (Å²) in [5.74, 6) is 1.61. The standard InChI is InChI=1S/C19H23N/c1-2-5-15-12-16(9-8-14(15)4-1)19-7-3-6-17(19)13-20-18-10-11-18/h1-2,4-5,8-9,12,17-20H,3,6-7,10-11,13H2. The van der Waals surface area contributed by atoms with E-state index in [4.69, 9.17) is 0 Å². The fraction of sp³-hybridized carbons (Fsp3) is 0.474. The molecule has 2 atom stereocenters. The van der Waals surface area contributed by atoms with Crippen LogP contribution in [0.3, 0.4) is 0 Å². The Kier molecular flexibility index (Phi) is 3.23. The molecule has 104 valence electrons. The molecular weight excluding hydrogens is 242 g/mol. The van der Waals surface area contributed by atoms with Crippen LogP contribution in [0.4, 0.5) is 0 Å². The highest BCUT2D eigenvalue weighted by Crippen LogP contribution is 2.40. The van der Waals surface area contributed by atoms with Crippen molar-refractivity contribution in [1.29, 1.82) is 0 Å². The van der Waals surface area contributed by atoms with Crippen LogP contribution in [0, 0.1) is 5.92 Å². The summed E-state index contributed by atoms with van der Waals surface area (Å²) in [5, 5.41) is 6.49. The van der Waals surface area contributed by atoms with Crippen LogP contribution >= 0.6 is 0 Å². The molecule has 20 heavy (non-hydrogen) atoms. The summed E-state index contributed by atoms with van der Waals surface area (Å²) in [6, 6.07) is 16.7. The highest BCUT2D eigenvalue weighted by molar-refractivity contribution is 5.83. The predicted octanol–water partition coefficient (Wildman–Crippen LogP) is 4.48. The summed E-state index contributed by atoms with van der Waals surface area (Å²) in [4.78, 5) is 0. The lowest BCUT2D eigenvalue weighted by Crippen LogP contribution is -2.26. The van der Waals surface area contributed by atoms with Crippen LogP contribution in [0.15, 0.2) is 42.5 Å². The van der Waals surface area contributed by atoms with Gasteiger partial charge in [0.15, 0.2) is 0 Å². The third kappa shape index (κ3) is 2.47. The normalized spacial score (nSPS) is 26.2. The van der Waals surface area contributed by atoms with Crippen molar-refractivity contribution in [2.75, 3.05) is 6.54 Å². The van der Waals surface area contributed by atoms with E-state index in [2.05, 4.69) is 47.8 Å². The number of fused-ring (bicyclic) bond motifs is 1. The van der Waals surface area contributed by atoms with E-state index in [-0.39, 0.29) is 0 Å². The van der Waals surface area contributed by atoms with Crippen molar-refractivity contribution in [3.63, 3.8) is 0 Å². The lowest BCUT2D eigenvalue weighted by Gasteiger charge is -2.21. The second-order valence-electron chi connectivity index (χ2n) is 6.59. The highest BCUT2D eigenvalue weighted by atomic mass is 14.9. The Bertz CT molecular complexity index is 599. The maximum absolute atomic E-state index is 3.74. The molecule has 2 aliphatic rings. The summed E-state index contributed by atoms with van der Waals surface area (Å²) >= 11 is 0. The lowest BCUT2D eigenvalue weighted by atomic mass is 9.87. The van der Waals surface area contributed by atoms with Crippen LogP contribution in [-0.4, -0.2) is 12.6 Å². The molecule has 0 spiro atoms. The van der Waals surface area contributed by atoms with Crippen molar-refractivity contribution in [1.82, 2.24) is 5.32 Å². The molecule has 0 heterocycles. The molecule has 2 fully saturated rings. The van der Waals surface area contributed by atoms with E-state index in [1.165, 1.54) is 49.4 Å². The number of rotatable bonds is 4. The molecule has 0 aliphatic heterocycles. The van der Waals surface area contributed by atoms with Crippen molar-refractivity contribution < 1.29 is 0 Å². The minimum absolute atomic E-state index is 0.769. The first-order chi connectivity index (χ1) is 9.90. The molecule has 1 nitrogen and oxygen atoms in total. The van der Waals surface area contributed by atoms with E-state index in [9.17, 15) is 0 Å². The Labute approximate surface area is 121 Å². The maximum Gasteiger partial charge on any atom is 0.00683 e. The molecule has 0 bridgehead atoms. The summed E-state index contributed by atoms with van der Waals surface area (Å²) in [7, 11) is 0. The Hall–Kier alpha value is -1.34. The number of hydrogen-bond donors (Lipinski definition) is 1. The van der Waals surface area contributed by atoms with E-state index in [0.717, 1.165) is 17.9 Å². The summed E-state index contributed by atoms with van der Waals surface area (Å²) < 4.78 is 0. The molecule has 0 radical (unpaired) electrons. The number of nitrogens with one attached hydrogen (secondary N) is 1. The van der Waals surface area contributed by atoms with Crippen molar-refractivity contribution in [3.05, 3.63) is 48.0 Å². The van der Waals surface area contributed by atoms with Gasteiger partial charge in [-0.3, -0.25) is 0 Å². The summed E-state index contributed by atoms with van der Waals surface area (Å²) in [6.45, 7) is 1.22. The van der Waals surface area contributed by atoms with E-state index in [1.54, 1.807) is 5.56 Å². The summed E-state index contributed by atoms with van der Waals surface area (Å²) in [6.07, 6.45) is 6.96.